The summed E-state index contributed by atoms with van der Waals surface area (Å²) in [7, 11) is 0. The molecule has 1 aliphatic rings. The van der Waals surface area contributed by atoms with Gasteiger partial charge in [0.2, 0.25) is 0 Å². The molecule has 0 saturated carbocycles. The summed E-state index contributed by atoms with van der Waals surface area (Å²) in [6.45, 7) is 9.14. The molecule has 1 aromatic heterocycles. The van der Waals surface area contributed by atoms with Crippen LogP contribution in [0.1, 0.15) is 42.3 Å². The van der Waals surface area contributed by atoms with Crippen LogP contribution >= 0.6 is 0 Å². The van der Waals surface area contributed by atoms with Crippen LogP contribution in [-0.2, 0) is 19.5 Å². The van der Waals surface area contributed by atoms with Gasteiger partial charge in [0.25, 0.3) is 5.56 Å². The van der Waals surface area contributed by atoms with E-state index in [-0.39, 0.29) is 5.56 Å². The Labute approximate surface area is 178 Å². The Kier molecular flexibility index (Phi) is 5.76. The molecule has 5 nitrogen and oxygen atoms in total. The Bertz CT molecular complexity index is 1110. The zero-order valence-corrected chi connectivity index (χ0v) is 18.2. The largest absolute Gasteiger partial charge is 0.388 e. The van der Waals surface area contributed by atoms with Crippen LogP contribution in [0.3, 0.4) is 0 Å². The molecule has 3 aromatic rings. The van der Waals surface area contributed by atoms with Crippen LogP contribution in [0.4, 0.5) is 0 Å². The fourth-order valence-corrected chi connectivity index (χ4v) is 4.44. The molecule has 1 N–H and O–H groups in total. The maximum atomic E-state index is 13.1. The number of aliphatic hydroxyl groups is 1. The Hall–Kier alpha value is -2.50. The van der Waals surface area contributed by atoms with E-state index in [0.29, 0.717) is 31.2 Å². The summed E-state index contributed by atoms with van der Waals surface area (Å²) in [6, 6.07) is 14.0. The van der Waals surface area contributed by atoms with E-state index in [1.54, 1.807) is 4.57 Å². The number of likely N-dealkylation sites (tertiary alicyclic amines) is 1. The number of aryl methyl sites for hydroxylation is 3. The molecule has 0 radical (unpaired) electrons. The molecule has 1 fully saturated rings. The van der Waals surface area contributed by atoms with Gasteiger partial charge >= 0.3 is 0 Å². The highest BCUT2D eigenvalue weighted by Crippen LogP contribution is 2.26. The van der Waals surface area contributed by atoms with Crippen molar-refractivity contribution in [2.45, 2.75) is 58.7 Å². The third-order valence-electron chi connectivity index (χ3n) is 6.39. The Balaban J connectivity index is 1.51. The third-order valence-corrected chi connectivity index (χ3v) is 6.39. The number of benzene rings is 2. The number of hydrogen-bond acceptors (Lipinski definition) is 4. The van der Waals surface area contributed by atoms with Gasteiger partial charge in [-0.2, -0.15) is 0 Å². The number of piperidine rings is 1. The predicted molar refractivity (Wildman–Crippen MR) is 121 cm³/mol. The van der Waals surface area contributed by atoms with E-state index in [0.717, 1.165) is 31.0 Å². The summed E-state index contributed by atoms with van der Waals surface area (Å²) in [4.78, 5) is 20.2. The van der Waals surface area contributed by atoms with Crippen molar-refractivity contribution in [1.82, 2.24) is 14.5 Å². The number of para-hydroxylation sites is 1. The normalized spacial score (nSPS) is 16.8. The third kappa shape index (κ3) is 4.18. The van der Waals surface area contributed by atoms with Crippen LogP contribution in [0.25, 0.3) is 10.9 Å². The molecule has 0 unspecified atom stereocenters. The summed E-state index contributed by atoms with van der Waals surface area (Å²) < 4.78 is 1.70. The SMILES string of the molecule is CCc1nc2ccccc2c(=O)n1CC1(O)CCN(Cc2cc(C)ccc2C)CC1. The molecule has 0 bridgehead atoms. The molecule has 0 aliphatic carbocycles. The first-order valence-electron chi connectivity index (χ1n) is 10.9. The summed E-state index contributed by atoms with van der Waals surface area (Å²) in [5.74, 6) is 0.741. The Morgan fingerprint density at radius 2 is 1.83 bits per heavy atom. The van der Waals surface area contributed by atoms with Gasteiger partial charge in [0.1, 0.15) is 5.82 Å². The fraction of sp³-hybridized carbons (Fsp3) is 0.440. The van der Waals surface area contributed by atoms with Gasteiger partial charge < -0.3 is 5.11 Å². The van der Waals surface area contributed by atoms with E-state index in [9.17, 15) is 9.90 Å². The molecule has 0 spiro atoms. The van der Waals surface area contributed by atoms with Gasteiger partial charge in [-0.1, -0.05) is 42.8 Å². The van der Waals surface area contributed by atoms with E-state index in [2.05, 4.69) is 41.9 Å². The zero-order valence-electron chi connectivity index (χ0n) is 18.2. The van der Waals surface area contributed by atoms with Crippen LogP contribution in [0, 0.1) is 13.8 Å². The smallest absolute Gasteiger partial charge is 0.261 e. The Morgan fingerprint density at radius 3 is 2.57 bits per heavy atom. The molecule has 30 heavy (non-hydrogen) atoms. The van der Waals surface area contributed by atoms with Gasteiger partial charge in [-0.05, 0) is 49.9 Å². The summed E-state index contributed by atoms with van der Waals surface area (Å²) in [5, 5.41) is 11.9. The molecule has 4 rings (SSSR count). The van der Waals surface area contributed by atoms with Crippen LogP contribution in [0.5, 0.6) is 0 Å². The molecule has 2 heterocycles. The van der Waals surface area contributed by atoms with E-state index in [4.69, 9.17) is 0 Å². The maximum absolute atomic E-state index is 13.1. The minimum atomic E-state index is -0.879. The van der Waals surface area contributed by atoms with Gasteiger partial charge in [0, 0.05) is 26.1 Å². The minimum Gasteiger partial charge on any atom is -0.388 e. The van der Waals surface area contributed by atoms with Crippen LogP contribution < -0.4 is 5.56 Å². The molecule has 158 valence electrons. The first-order valence-corrected chi connectivity index (χ1v) is 10.9. The molecule has 1 aliphatic heterocycles. The van der Waals surface area contributed by atoms with E-state index < -0.39 is 5.60 Å². The van der Waals surface area contributed by atoms with Crippen molar-refractivity contribution < 1.29 is 5.11 Å². The van der Waals surface area contributed by atoms with Crippen molar-refractivity contribution >= 4 is 10.9 Å². The molecule has 5 heteroatoms. The van der Waals surface area contributed by atoms with Gasteiger partial charge in [-0.25, -0.2) is 4.98 Å². The monoisotopic (exact) mass is 405 g/mol. The fourth-order valence-electron chi connectivity index (χ4n) is 4.44. The van der Waals surface area contributed by atoms with Crippen LogP contribution in [0.15, 0.2) is 47.3 Å². The van der Waals surface area contributed by atoms with Crippen LogP contribution in [-0.4, -0.2) is 38.2 Å². The number of hydrogen-bond donors (Lipinski definition) is 1. The van der Waals surface area contributed by atoms with E-state index in [1.807, 2.05) is 31.2 Å². The predicted octanol–water partition coefficient (Wildman–Crippen LogP) is 3.60. The highest BCUT2D eigenvalue weighted by molar-refractivity contribution is 5.77. The Morgan fingerprint density at radius 1 is 1.10 bits per heavy atom. The highest BCUT2D eigenvalue weighted by atomic mass is 16.3. The summed E-state index contributed by atoms with van der Waals surface area (Å²) in [6.07, 6.45) is 1.97. The topological polar surface area (TPSA) is 58.4 Å². The lowest BCUT2D eigenvalue weighted by Crippen LogP contribution is -2.48. The highest BCUT2D eigenvalue weighted by Gasteiger charge is 2.34. The lowest BCUT2D eigenvalue weighted by atomic mass is 9.90. The van der Waals surface area contributed by atoms with Crippen molar-refractivity contribution in [2.24, 2.45) is 0 Å². The first-order chi connectivity index (χ1) is 14.4. The minimum absolute atomic E-state index is 0.0521. The second kappa shape index (κ2) is 8.32. The molecule has 0 atom stereocenters. The molecular formula is C25H31N3O2. The van der Waals surface area contributed by atoms with Gasteiger partial charge in [0.15, 0.2) is 0 Å². The van der Waals surface area contributed by atoms with Crippen molar-refractivity contribution in [3.63, 3.8) is 0 Å². The standard InChI is InChI=1S/C25H31N3O2/c1-4-23-26-22-8-6-5-7-21(22)24(29)28(23)17-25(30)11-13-27(14-12-25)16-20-15-18(2)9-10-19(20)3/h5-10,15,30H,4,11-14,16-17H2,1-3H3. The van der Waals surface area contributed by atoms with Gasteiger partial charge in [0.05, 0.1) is 23.0 Å². The van der Waals surface area contributed by atoms with Crippen molar-refractivity contribution in [2.75, 3.05) is 13.1 Å². The molecule has 0 amide bonds. The zero-order chi connectivity index (χ0) is 21.3. The van der Waals surface area contributed by atoms with E-state index >= 15 is 0 Å². The van der Waals surface area contributed by atoms with Gasteiger partial charge in [-0.15, -0.1) is 0 Å². The average Bonchev–Trinajstić information content (AvgIpc) is 2.74. The second-order valence-corrected chi connectivity index (χ2v) is 8.72. The first kappa shape index (κ1) is 20.8. The second-order valence-electron chi connectivity index (χ2n) is 8.72. The van der Waals surface area contributed by atoms with Gasteiger partial charge in [-0.3, -0.25) is 14.3 Å². The molecule has 1 saturated heterocycles. The molecule has 2 aromatic carbocycles. The number of aromatic nitrogens is 2. The maximum Gasteiger partial charge on any atom is 0.261 e. The van der Waals surface area contributed by atoms with Crippen molar-refractivity contribution in [3.8, 4) is 0 Å². The number of fused-ring (bicyclic) bond motifs is 1. The number of nitrogens with zero attached hydrogens (tertiary/aromatic N) is 3. The van der Waals surface area contributed by atoms with Crippen LogP contribution in [0.2, 0.25) is 0 Å². The lowest BCUT2D eigenvalue weighted by molar-refractivity contribution is -0.0370. The van der Waals surface area contributed by atoms with Crippen molar-refractivity contribution in [3.05, 3.63) is 75.3 Å². The lowest BCUT2D eigenvalue weighted by Gasteiger charge is -2.39. The molecular weight excluding hydrogens is 374 g/mol. The van der Waals surface area contributed by atoms with E-state index in [1.165, 1.54) is 16.7 Å². The summed E-state index contributed by atoms with van der Waals surface area (Å²) >= 11 is 0. The number of rotatable bonds is 5. The summed E-state index contributed by atoms with van der Waals surface area (Å²) in [5.41, 5.74) is 3.73. The van der Waals surface area contributed by atoms with Crippen molar-refractivity contribution in [1.29, 1.82) is 0 Å². The average molecular weight is 406 g/mol. The quantitative estimate of drug-likeness (QED) is 0.705.